The maximum absolute atomic E-state index is 13.1. The Hall–Kier alpha value is -2.12. The molecule has 28 heavy (non-hydrogen) atoms. The molecule has 1 N–H and O–H groups in total. The second-order valence-electron chi connectivity index (χ2n) is 7.16. The van der Waals surface area contributed by atoms with Crippen molar-refractivity contribution in [2.24, 2.45) is 0 Å². The topological polar surface area (TPSA) is 75.2 Å². The summed E-state index contributed by atoms with van der Waals surface area (Å²) in [5, 5.41) is 3.77. The quantitative estimate of drug-likeness (QED) is 0.551. The van der Waals surface area contributed by atoms with Crippen molar-refractivity contribution in [3.8, 4) is 0 Å². The molecular weight excluding hydrogens is 396 g/mol. The molecule has 0 unspecified atom stereocenters. The van der Waals surface area contributed by atoms with Crippen LogP contribution in [0, 0.1) is 0 Å². The molecule has 4 rings (SSSR count). The van der Waals surface area contributed by atoms with Gasteiger partial charge in [-0.1, -0.05) is 35.5 Å². The van der Waals surface area contributed by atoms with Crippen LogP contribution in [0.25, 0.3) is 0 Å². The number of hydrogen-bond acceptors (Lipinski definition) is 5. The molecule has 0 atom stereocenters. The number of amides is 2. The average Bonchev–Trinajstić information content (AvgIpc) is 3.61. The van der Waals surface area contributed by atoms with Gasteiger partial charge >= 0.3 is 0 Å². The highest BCUT2D eigenvalue weighted by Crippen LogP contribution is 2.31. The Morgan fingerprint density at radius 3 is 2.54 bits per heavy atom. The molecule has 0 spiro atoms. The first-order valence-electron chi connectivity index (χ1n) is 9.32. The van der Waals surface area contributed by atoms with Crippen molar-refractivity contribution >= 4 is 35.2 Å². The molecule has 2 aliphatic rings. The molecule has 1 aromatic carbocycles. The Morgan fingerprint density at radius 2 is 1.93 bits per heavy atom. The molecule has 8 heteroatoms. The van der Waals surface area contributed by atoms with Crippen LogP contribution in [0.2, 0.25) is 5.02 Å². The van der Waals surface area contributed by atoms with Crippen LogP contribution in [0.1, 0.15) is 52.1 Å². The molecule has 6 nitrogen and oxygen atoms in total. The first-order chi connectivity index (χ1) is 13.5. The van der Waals surface area contributed by atoms with E-state index in [1.807, 2.05) is 35.4 Å². The van der Waals surface area contributed by atoms with Crippen LogP contribution in [0.4, 0.5) is 0 Å². The Kier molecular flexibility index (Phi) is 5.55. The molecule has 2 aliphatic carbocycles. The highest BCUT2D eigenvalue weighted by atomic mass is 35.5. The number of nitrogens with zero attached hydrogens (tertiary/aromatic N) is 3. The molecule has 2 fully saturated rings. The van der Waals surface area contributed by atoms with Gasteiger partial charge in [-0.3, -0.25) is 9.59 Å². The second kappa shape index (κ2) is 8.09. The van der Waals surface area contributed by atoms with E-state index in [0.717, 1.165) is 31.2 Å². The van der Waals surface area contributed by atoms with Gasteiger partial charge in [0.05, 0.1) is 11.2 Å². The second-order valence-corrected chi connectivity index (χ2v) is 8.34. The Morgan fingerprint density at radius 1 is 1.21 bits per heavy atom. The van der Waals surface area contributed by atoms with Gasteiger partial charge in [0, 0.05) is 24.2 Å². The zero-order chi connectivity index (χ0) is 19.7. The first-order valence-corrected chi connectivity index (χ1v) is 10.9. The molecular formula is C20H21ClN4O2S. The molecule has 0 aliphatic heterocycles. The number of carbonyl (C=O) groups is 2. The van der Waals surface area contributed by atoms with Gasteiger partial charge in [0.15, 0.2) is 10.9 Å². The predicted molar refractivity (Wildman–Crippen MR) is 109 cm³/mol. The number of hydrogen-bond donors (Lipinski definition) is 1. The van der Waals surface area contributed by atoms with E-state index in [1.54, 1.807) is 0 Å². The first kappa shape index (κ1) is 19.2. The number of benzene rings is 1. The summed E-state index contributed by atoms with van der Waals surface area (Å²) < 4.78 is 0. The van der Waals surface area contributed by atoms with Crippen molar-refractivity contribution in [1.82, 2.24) is 20.2 Å². The largest absolute Gasteiger partial charge is 0.349 e. The van der Waals surface area contributed by atoms with Crippen molar-refractivity contribution in [3.63, 3.8) is 0 Å². The van der Waals surface area contributed by atoms with E-state index >= 15 is 0 Å². The maximum Gasteiger partial charge on any atom is 0.274 e. The lowest BCUT2D eigenvalue weighted by molar-refractivity contribution is 0.0722. The SMILES string of the molecule is CSc1ncc(Cl)c(C(=O)N(Cc2ccc(C(=O)NC3CC3)cc2)C2CC2)n1. The molecule has 2 amide bonds. The lowest BCUT2D eigenvalue weighted by Gasteiger charge is -2.23. The van der Waals surface area contributed by atoms with E-state index in [0.29, 0.717) is 23.3 Å². The van der Waals surface area contributed by atoms with Gasteiger partial charge in [-0.15, -0.1) is 0 Å². The number of rotatable bonds is 7. The van der Waals surface area contributed by atoms with E-state index in [2.05, 4.69) is 15.3 Å². The minimum Gasteiger partial charge on any atom is -0.349 e. The molecule has 146 valence electrons. The fourth-order valence-electron chi connectivity index (χ4n) is 2.94. The predicted octanol–water partition coefficient (Wildman–Crippen LogP) is 3.55. The third-order valence-electron chi connectivity index (χ3n) is 4.84. The minimum atomic E-state index is -0.180. The maximum atomic E-state index is 13.1. The fraction of sp³-hybridized carbons (Fsp3) is 0.400. The summed E-state index contributed by atoms with van der Waals surface area (Å²) in [6, 6.07) is 7.96. The van der Waals surface area contributed by atoms with Crippen molar-refractivity contribution in [1.29, 1.82) is 0 Å². The van der Waals surface area contributed by atoms with Crippen molar-refractivity contribution in [2.75, 3.05) is 6.26 Å². The van der Waals surface area contributed by atoms with Gasteiger partial charge in [-0.2, -0.15) is 0 Å². The molecule has 0 saturated heterocycles. The fourth-order valence-corrected chi connectivity index (χ4v) is 3.46. The zero-order valence-corrected chi connectivity index (χ0v) is 17.1. The highest BCUT2D eigenvalue weighted by Gasteiger charge is 2.34. The molecule has 2 saturated carbocycles. The lowest BCUT2D eigenvalue weighted by Crippen LogP contribution is -2.33. The van der Waals surface area contributed by atoms with Crippen molar-refractivity contribution < 1.29 is 9.59 Å². The highest BCUT2D eigenvalue weighted by molar-refractivity contribution is 7.98. The molecule has 0 radical (unpaired) electrons. The minimum absolute atomic E-state index is 0.0402. The summed E-state index contributed by atoms with van der Waals surface area (Å²) in [6.45, 7) is 0.461. The van der Waals surface area contributed by atoms with E-state index < -0.39 is 0 Å². The molecule has 0 bridgehead atoms. The average molecular weight is 417 g/mol. The number of thioether (sulfide) groups is 1. The van der Waals surface area contributed by atoms with Gasteiger partial charge in [0.25, 0.3) is 11.8 Å². The number of carbonyl (C=O) groups excluding carboxylic acids is 2. The Labute approximate surface area is 173 Å². The molecule has 1 heterocycles. The van der Waals surface area contributed by atoms with Gasteiger partial charge in [0.1, 0.15) is 0 Å². The van der Waals surface area contributed by atoms with Gasteiger partial charge < -0.3 is 10.2 Å². The van der Waals surface area contributed by atoms with Crippen molar-refractivity contribution in [2.45, 2.75) is 49.5 Å². The van der Waals surface area contributed by atoms with Crippen LogP contribution >= 0.6 is 23.4 Å². The number of halogens is 1. The summed E-state index contributed by atoms with van der Waals surface area (Å²) >= 11 is 7.57. The van der Waals surface area contributed by atoms with Crippen LogP contribution < -0.4 is 5.32 Å². The standard InChI is InChI=1S/C20H21ClN4O2S/c1-28-20-22-10-16(21)17(24-20)19(27)25(15-8-9-15)11-12-2-4-13(5-3-12)18(26)23-14-6-7-14/h2-5,10,14-15H,6-9,11H2,1H3,(H,23,26). The summed E-state index contributed by atoms with van der Waals surface area (Å²) in [7, 11) is 0. The lowest BCUT2D eigenvalue weighted by atomic mass is 10.1. The number of nitrogens with one attached hydrogen (secondary N) is 1. The summed E-state index contributed by atoms with van der Waals surface area (Å²) in [5.74, 6) is -0.220. The zero-order valence-electron chi connectivity index (χ0n) is 15.5. The van der Waals surface area contributed by atoms with Gasteiger partial charge in [0.2, 0.25) is 0 Å². The van der Waals surface area contributed by atoms with Crippen molar-refractivity contribution in [3.05, 3.63) is 52.3 Å². The van der Waals surface area contributed by atoms with E-state index in [1.165, 1.54) is 18.0 Å². The van der Waals surface area contributed by atoms with E-state index in [-0.39, 0.29) is 28.6 Å². The number of aromatic nitrogens is 2. The van der Waals surface area contributed by atoms with Crippen LogP contribution in [-0.2, 0) is 6.54 Å². The summed E-state index contributed by atoms with van der Waals surface area (Å²) in [5.41, 5.74) is 1.86. The third-order valence-corrected chi connectivity index (χ3v) is 5.68. The Bertz CT molecular complexity index is 898. The van der Waals surface area contributed by atoms with E-state index in [9.17, 15) is 9.59 Å². The van der Waals surface area contributed by atoms with Gasteiger partial charge in [-0.25, -0.2) is 9.97 Å². The van der Waals surface area contributed by atoms with Crippen LogP contribution in [0.3, 0.4) is 0 Å². The monoisotopic (exact) mass is 416 g/mol. The van der Waals surface area contributed by atoms with Crippen LogP contribution in [-0.4, -0.2) is 45.0 Å². The van der Waals surface area contributed by atoms with Crippen LogP contribution in [0.5, 0.6) is 0 Å². The summed E-state index contributed by atoms with van der Waals surface area (Å²) in [6.07, 6.45) is 7.42. The molecule has 1 aromatic heterocycles. The van der Waals surface area contributed by atoms with Gasteiger partial charge in [-0.05, 0) is 49.6 Å². The smallest absolute Gasteiger partial charge is 0.274 e. The normalized spacial score (nSPS) is 15.9. The Balaban J connectivity index is 1.49. The summed E-state index contributed by atoms with van der Waals surface area (Å²) in [4.78, 5) is 35.5. The van der Waals surface area contributed by atoms with Crippen LogP contribution in [0.15, 0.2) is 35.6 Å². The van der Waals surface area contributed by atoms with E-state index in [4.69, 9.17) is 11.6 Å². The molecule has 2 aromatic rings. The third kappa shape index (κ3) is 4.47.